The first-order valence-corrected chi connectivity index (χ1v) is 11.4. The van der Waals surface area contributed by atoms with Crippen LogP contribution >= 0.6 is 11.6 Å². The third-order valence-corrected chi connectivity index (χ3v) is 6.55. The van der Waals surface area contributed by atoms with Crippen molar-refractivity contribution in [3.8, 4) is 5.75 Å². The molecule has 31 heavy (non-hydrogen) atoms. The number of phenols is 1. The topological polar surface area (TPSA) is 117 Å². The van der Waals surface area contributed by atoms with Gasteiger partial charge in [0.2, 0.25) is 0 Å². The average molecular weight is 474 g/mol. The van der Waals surface area contributed by atoms with E-state index in [-0.39, 0.29) is 39.2 Å². The van der Waals surface area contributed by atoms with E-state index in [2.05, 4.69) is 10.6 Å². The highest BCUT2D eigenvalue weighted by Crippen LogP contribution is 2.38. The molecule has 3 N–H and O–H groups in total. The van der Waals surface area contributed by atoms with Gasteiger partial charge in [0.05, 0.1) is 30.0 Å². The molecule has 0 saturated carbocycles. The van der Waals surface area contributed by atoms with Crippen LogP contribution < -0.4 is 21.5 Å². The number of hydroxylamine groups is 1. The van der Waals surface area contributed by atoms with Gasteiger partial charge in [0.15, 0.2) is 16.7 Å². The second-order valence-electron chi connectivity index (χ2n) is 6.70. The molecule has 172 valence electrons. The van der Waals surface area contributed by atoms with E-state index in [9.17, 15) is 18.9 Å². The van der Waals surface area contributed by atoms with Crippen molar-refractivity contribution >= 4 is 39.6 Å². The molecule has 3 unspecified atom stereocenters. The van der Waals surface area contributed by atoms with Crippen LogP contribution in [0.3, 0.4) is 0 Å². The second kappa shape index (κ2) is 11.1. The molecule has 0 spiro atoms. The van der Waals surface area contributed by atoms with Crippen molar-refractivity contribution in [2.45, 2.75) is 50.7 Å². The van der Waals surface area contributed by atoms with Gasteiger partial charge in [0.25, 0.3) is 10.9 Å². The number of hydrogen-bond acceptors (Lipinski definition) is 8. The number of ether oxygens (including phenoxy) is 1. The van der Waals surface area contributed by atoms with E-state index in [0.717, 1.165) is 17.3 Å². The molecule has 9 nitrogen and oxygen atoms in total. The summed E-state index contributed by atoms with van der Waals surface area (Å²) in [7, 11) is 0.829. The molecule has 1 fully saturated rings. The van der Waals surface area contributed by atoms with Crippen LogP contribution in [-0.4, -0.2) is 46.7 Å². The van der Waals surface area contributed by atoms with Gasteiger partial charge < -0.3 is 20.5 Å². The standard InChI is InChI=1S/C18H22ClN3O6S.C2H6/c1-9-4-5-10(28-9)8-20-13-14(17(25)16(13)24)21-12-7-6-11(19)18(15(12)23)29(26)22(2)27-3;1-2/h6-7,9-10,20-21,23H,4-5,8H2,1-3H3;1-2H3. The molecule has 1 saturated heterocycles. The van der Waals surface area contributed by atoms with Crippen molar-refractivity contribution in [1.29, 1.82) is 0 Å². The smallest absolute Gasteiger partial charge is 0.253 e. The molecule has 0 aliphatic carbocycles. The predicted molar refractivity (Wildman–Crippen MR) is 122 cm³/mol. The molecular formula is C20H28ClN3O6S. The SMILES string of the molecule is CC.CON(C)S(=O)c1c(Cl)ccc(Nc2c(NCC3CCC(C)O3)c(=O)c2=O)c1O. The summed E-state index contributed by atoms with van der Waals surface area (Å²) >= 11 is 6.07. The summed E-state index contributed by atoms with van der Waals surface area (Å²) in [6.07, 6.45) is 1.94. The van der Waals surface area contributed by atoms with Crippen LogP contribution in [-0.2, 0) is 20.6 Å². The van der Waals surface area contributed by atoms with Gasteiger partial charge in [0, 0.05) is 13.6 Å². The van der Waals surface area contributed by atoms with Crippen LogP contribution in [0.1, 0.15) is 33.6 Å². The van der Waals surface area contributed by atoms with Gasteiger partial charge in [-0.15, -0.1) is 4.47 Å². The lowest BCUT2D eigenvalue weighted by Gasteiger charge is -2.19. The predicted octanol–water partition coefficient (Wildman–Crippen LogP) is 2.91. The molecule has 3 rings (SSSR count). The van der Waals surface area contributed by atoms with Crippen LogP contribution in [0, 0.1) is 0 Å². The Morgan fingerprint density at radius 2 is 1.90 bits per heavy atom. The lowest BCUT2D eigenvalue weighted by molar-refractivity contribution is -0.0205. The number of halogens is 1. The number of aromatic hydroxyl groups is 1. The van der Waals surface area contributed by atoms with Crippen molar-refractivity contribution < 1.29 is 18.9 Å². The number of rotatable bonds is 8. The normalized spacial score (nSPS) is 19.2. The molecule has 3 atom stereocenters. The lowest BCUT2D eigenvalue weighted by atomic mass is 10.1. The Hall–Kier alpha value is -1.98. The Kier molecular flexibility index (Phi) is 9.01. The maximum atomic E-state index is 12.5. The number of anilines is 3. The maximum Gasteiger partial charge on any atom is 0.253 e. The van der Waals surface area contributed by atoms with Crippen LogP contribution in [0.2, 0.25) is 5.02 Å². The summed E-state index contributed by atoms with van der Waals surface area (Å²) in [6.45, 7) is 6.38. The zero-order valence-electron chi connectivity index (χ0n) is 18.2. The summed E-state index contributed by atoms with van der Waals surface area (Å²) in [4.78, 5) is 28.8. The Bertz CT molecular complexity index is 1010. The minimum absolute atomic E-state index is 0.0236. The fourth-order valence-corrected chi connectivity index (χ4v) is 4.33. The van der Waals surface area contributed by atoms with Crippen LogP contribution in [0.15, 0.2) is 26.6 Å². The highest BCUT2D eigenvalue weighted by atomic mass is 35.5. The number of hydrogen-bond donors (Lipinski definition) is 3. The monoisotopic (exact) mass is 473 g/mol. The first kappa shape index (κ1) is 25.3. The van der Waals surface area contributed by atoms with Crippen LogP contribution in [0.5, 0.6) is 5.75 Å². The lowest BCUT2D eigenvalue weighted by Crippen LogP contribution is -2.38. The van der Waals surface area contributed by atoms with Gasteiger partial charge >= 0.3 is 0 Å². The molecule has 1 aliphatic heterocycles. The van der Waals surface area contributed by atoms with Crippen molar-refractivity contribution in [3.63, 3.8) is 0 Å². The molecule has 2 aromatic rings. The minimum Gasteiger partial charge on any atom is -0.504 e. The zero-order chi connectivity index (χ0) is 23.3. The Morgan fingerprint density at radius 3 is 2.48 bits per heavy atom. The molecule has 1 aliphatic rings. The van der Waals surface area contributed by atoms with E-state index >= 15 is 0 Å². The molecule has 0 aromatic heterocycles. The van der Waals surface area contributed by atoms with E-state index in [1.54, 1.807) is 0 Å². The van der Waals surface area contributed by atoms with E-state index in [1.807, 2.05) is 20.8 Å². The highest BCUT2D eigenvalue weighted by Gasteiger charge is 2.27. The fourth-order valence-electron chi connectivity index (χ4n) is 3.08. The van der Waals surface area contributed by atoms with Crippen molar-refractivity contribution in [2.75, 3.05) is 31.3 Å². The Balaban J connectivity index is 0.00000166. The quantitative estimate of drug-likeness (QED) is 0.304. The van der Waals surface area contributed by atoms with Crippen LogP contribution in [0.4, 0.5) is 17.1 Å². The van der Waals surface area contributed by atoms with Crippen molar-refractivity contribution in [2.24, 2.45) is 0 Å². The molecule has 0 radical (unpaired) electrons. The maximum absolute atomic E-state index is 12.5. The summed E-state index contributed by atoms with van der Waals surface area (Å²) in [5.41, 5.74) is -1.11. The molecule has 11 heteroatoms. The highest BCUT2D eigenvalue weighted by molar-refractivity contribution is 7.82. The van der Waals surface area contributed by atoms with Crippen molar-refractivity contribution in [1.82, 2.24) is 4.47 Å². The Morgan fingerprint density at radius 1 is 1.26 bits per heavy atom. The first-order valence-electron chi connectivity index (χ1n) is 9.95. The molecule has 2 aromatic carbocycles. The number of nitrogens with zero attached hydrogens (tertiary/aromatic N) is 1. The summed E-state index contributed by atoms with van der Waals surface area (Å²) < 4.78 is 19.2. The van der Waals surface area contributed by atoms with E-state index in [4.69, 9.17) is 21.2 Å². The van der Waals surface area contributed by atoms with Gasteiger partial charge in [-0.1, -0.05) is 25.4 Å². The van der Waals surface area contributed by atoms with E-state index in [1.165, 1.54) is 26.3 Å². The van der Waals surface area contributed by atoms with Gasteiger partial charge in [-0.25, -0.2) is 4.21 Å². The molecule has 1 heterocycles. The first-order chi connectivity index (χ1) is 14.7. The largest absolute Gasteiger partial charge is 0.504 e. The molecule has 0 bridgehead atoms. The van der Waals surface area contributed by atoms with Gasteiger partial charge in [0.1, 0.15) is 16.3 Å². The third kappa shape index (κ3) is 5.45. The molecule has 0 amide bonds. The zero-order valence-corrected chi connectivity index (χ0v) is 19.7. The minimum atomic E-state index is -1.90. The third-order valence-electron chi connectivity index (χ3n) is 4.75. The van der Waals surface area contributed by atoms with E-state index in [0.29, 0.717) is 6.54 Å². The van der Waals surface area contributed by atoms with E-state index < -0.39 is 27.6 Å². The second-order valence-corrected chi connectivity index (χ2v) is 8.53. The Labute approximate surface area is 188 Å². The number of phenolic OH excluding ortho intramolecular Hbond substituents is 1. The fraction of sp³-hybridized carbons (Fsp3) is 0.500. The average Bonchev–Trinajstić information content (AvgIpc) is 3.19. The van der Waals surface area contributed by atoms with Gasteiger partial charge in [-0.2, -0.15) is 0 Å². The van der Waals surface area contributed by atoms with Crippen molar-refractivity contribution in [3.05, 3.63) is 37.6 Å². The van der Waals surface area contributed by atoms with Gasteiger partial charge in [-0.3, -0.25) is 14.4 Å². The number of benzene rings is 1. The summed E-state index contributed by atoms with van der Waals surface area (Å²) in [5, 5.41) is 16.3. The van der Waals surface area contributed by atoms with Gasteiger partial charge in [-0.05, 0) is 31.9 Å². The summed E-state index contributed by atoms with van der Waals surface area (Å²) in [5.74, 6) is -0.410. The van der Waals surface area contributed by atoms with Crippen LogP contribution in [0.25, 0.3) is 0 Å². The summed E-state index contributed by atoms with van der Waals surface area (Å²) in [6, 6.07) is 2.85. The number of nitrogens with one attached hydrogen (secondary N) is 2. The molecular weight excluding hydrogens is 446 g/mol.